The minimum atomic E-state index is 0.579. The van der Waals surface area contributed by atoms with Crippen molar-refractivity contribution in [2.75, 3.05) is 0 Å². The van der Waals surface area contributed by atoms with Gasteiger partial charge in [-0.2, -0.15) is 10.5 Å². The molecule has 0 N–H and O–H groups in total. The van der Waals surface area contributed by atoms with Gasteiger partial charge in [0.2, 0.25) is 0 Å². The molecule has 0 aliphatic rings. The Morgan fingerprint density at radius 1 is 0.467 bits per heavy atom. The van der Waals surface area contributed by atoms with Gasteiger partial charge in [0.1, 0.15) is 11.2 Å². The quantitative estimate of drug-likeness (QED) is 0.209. The average Bonchev–Trinajstić information content (AvgIpc) is 3.49. The van der Waals surface area contributed by atoms with Crippen LogP contribution in [0.1, 0.15) is 11.1 Å². The Kier molecular flexibility index (Phi) is 6.16. The molecule has 0 saturated carbocycles. The van der Waals surface area contributed by atoms with E-state index in [1.807, 2.05) is 30.3 Å². The average molecular weight is 575 g/mol. The van der Waals surface area contributed by atoms with Gasteiger partial charge in [0.05, 0.1) is 34.7 Å². The van der Waals surface area contributed by atoms with E-state index in [9.17, 15) is 10.5 Å². The van der Waals surface area contributed by atoms with Crippen molar-refractivity contribution in [2.24, 2.45) is 0 Å². The first-order valence-corrected chi connectivity index (χ1v) is 14.5. The number of nitrogens with zero attached hydrogens (tertiary/aromatic N) is 4. The molecule has 5 nitrogen and oxygen atoms in total. The predicted molar refractivity (Wildman–Crippen MR) is 178 cm³/mol. The topological polar surface area (TPSA) is 86.5 Å². The van der Waals surface area contributed by atoms with E-state index >= 15 is 0 Å². The van der Waals surface area contributed by atoms with Crippen molar-refractivity contribution < 1.29 is 4.42 Å². The number of aromatic nitrogens is 2. The van der Waals surface area contributed by atoms with Crippen molar-refractivity contribution >= 4 is 32.7 Å². The van der Waals surface area contributed by atoms with Crippen LogP contribution in [0, 0.1) is 22.7 Å². The highest BCUT2D eigenvalue weighted by Gasteiger charge is 2.16. The first kappa shape index (κ1) is 26.1. The fourth-order valence-corrected chi connectivity index (χ4v) is 6.08. The molecular weight excluding hydrogens is 552 g/mol. The number of hydrogen-bond donors (Lipinski definition) is 0. The largest absolute Gasteiger partial charge is 0.456 e. The number of hydrogen-bond acceptors (Lipinski definition) is 5. The maximum absolute atomic E-state index is 9.38. The van der Waals surface area contributed by atoms with Crippen molar-refractivity contribution in [1.29, 1.82) is 10.5 Å². The summed E-state index contributed by atoms with van der Waals surface area (Å²) in [7, 11) is 0. The normalized spacial score (nSPS) is 11.1. The van der Waals surface area contributed by atoms with Gasteiger partial charge in [0.25, 0.3) is 0 Å². The van der Waals surface area contributed by atoms with Crippen LogP contribution in [-0.4, -0.2) is 9.97 Å². The first-order chi connectivity index (χ1) is 22.2. The molecule has 208 valence electrons. The molecule has 0 saturated heterocycles. The van der Waals surface area contributed by atoms with Gasteiger partial charge >= 0.3 is 0 Å². The standard InChI is InChI=1S/C40H22N4O/c41-23-25-13-15-43-36(17-25)30-7-3-5-27(19-30)28-11-12-34-38(21-28)45-39-22-35(32-9-1-2-10-33(32)40(34)39)29-6-4-8-31(20-29)37-18-26(24-42)14-16-44-37/h1-22H. The summed E-state index contributed by atoms with van der Waals surface area (Å²) < 4.78 is 6.58. The molecule has 0 radical (unpaired) electrons. The molecule has 5 aromatic carbocycles. The van der Waals surface area contributed by atoms with Crippen LogP contribution in [0.3, 0.4) is 0 Å². The van der Waals surface area contributed by atoms with Crippen LogP contribution in [0.2, 0.25) is 0 Å². The molecule has 0 aliphatic carbocycles. The number of furan rings is 1. The van der Waals surface area contributed by atoms with Gasteiger partial charge in [-0.25, -0.2) is 0 Å². The molecule has 0 aliphatic heterocycles. The van der Waals surface area contributed by atoms with Crippen molar-refractivity contribution in [2.45, 2.75) is 0 Å². The minimum Gasteiger partial charge on any atom is -0.456 e. The second kappa shape index (κ2) is 10.6. The Bertz CT molecular complexity index is 2530. The molecule has 0 atom stereocenters. The van der Waals surface area contributed by atoms with Gasteiger partial charge in [-0.1, -0.05) is 66.7 Å². The van der Waals surface area contributed by atoms with Crippen LogP contribution in [-0.2, 0) is 0 Å². The van der Waals surface area contributed by atoms with E-state index in [-0.39, 0.29) is 0 Å². The van der Waals surface area contributed by atoms with Crippen molar-refractivity contribution in [3.63, 3.8) is 0 Å². The Balaban J connectivity index is 1.26. The minimum absolute atomic E-state index is 0.579. The lowest BCUT2D eigenvalue weighted by molar-refractivity contribution is 0.669. The third kappa shape index (κ3) is 4.57. The van der Waals surface area contributed by atoms with E-state index < -0.39 is 0 Å². The highest BCUT2D eigenvalue weighted by atomic mass is 16.3. The van der Waals surface area contributed by atoms with Crippen molar-refractivity contribution in [3.8, 4) is 56.9 Å². The number of fused-ring (bicyclic) bond motifs is 5. The fourth-order valence-electron chi connectivity index (χ4n) is 6.08. The number of nitriles is 2. The Morgan fingerprint density at radius 3 is 1.76 bits per heavy atom. The zero-order valence-electron chi connectivity index (χ0n) is 23.9. The summed E-state index contributed by atoms with van der Waals surface area (Å²) in [5.41, 5.74) is 10.4. The molecule has 0 amide bonds. The van der Waals surface area contributed by atoms with Crippen LogP contribution >= 0.6 is 0 Å². The molecule has 3 heterocycles. The van der Waals surface area contributed by atoms with Gasteiger partial charge < -0.3 is 4.42 Å². The molecule has 0 unspecified atom stereocenters. The maximum Gasteiger partial charge on any atom is 0.136 e. The zero-order valence-corrected chi connectivity index (χ0v) is 23.9. The van der Waals surface area contributed by atoms with Gasteiger partial charge in [0.15, 0.2) is 0 Å². The molecule has 0 fully saturated rings. The van der Waals surface area contributed by atoms with Crippen LogP contribution in [0.15, 0.2) is 138 Å². The van der Waals surface area contributed by atoms with E-state index in [4.69, 9.17) is 4.42 Å². The van der Waals surface area contributed by atoms with E-state index in [2.05, 4.69) is 94.9 Å². The Morgan fingerprint density at radius 2 is 1.07 bits per heavy atom. The van der Waals surface area contributed by atoms with E-state index in [0.29, 0.717) is 11.1 Å². The lowest BCUT2D eigenvalue weighted by Crippen LogP contribution is -1.87. The van der Waals surface area contributed by atoms with Gasteiger partial charge in [-0.05, 0) is 87.6 Å². The maximum atomic E-state index is 9.38. The van der Waals surface area contributed by atoms with Crippen molar-refractivity contribution in [3.05, 3.63) is 145 Å². The molecule has 8 rings (SSSR count). The first-order valence-electron chi connectivity index (χ1n) is 14.5. The lowest BCUT2D eigenvalue weighted by Gasteiger charge is -2.10. The van der Waals surface area contributed by atoms with Crippen LogP contribution in [0.5, 0.6) is 0 Å². The smallest absolute Gasteiger partial charge is 0.136 e. The zero-order chi connectivity index (χ0) is 30.3. The number of benzene rings is 5. The molecular formula is C40H22N4O. The Hall–Kier alpha value is -6.56. The number of pyridine rings is 2. The van der Waals surface area contributed by atoms with Crippen molar-refractivity contribution in [1.82, 2.24) is 9.97 Å². The summed E-state index contributed by atoms with van der Waals surface area (Å²) in [5.74, 6) is 0. The lowest BCUT2D eigenvalue weighted by atomic mass is 9.93. The predicted octanol–water partition coefficient (Wildman–Crippen LogP) is 9.94. The van der Waals surface area contributed by atoms with Gasteiger partial charge in [-0.15, -0.1) is 0 Å². The van der Waals surface area contributed by atoms with Crippen LogP contribution in [0.25, 0.3) is 77.5 Å². The Labute approximate surface area is 258 Å². The third-order valence-corrected chi connectivity index (χ3v) is 8.22. The SMILES string of the molecule is N#Cc1ccnc(-c2cccc(-c3ccc4c(c3)oc3cc(-c5cccc(-c6cc(C#N)ccn6)c5)c5ccccc5c34)c2)c1. The second-order valence-electron chi connectivity index (χ2n) is 10.9. The summed E-state index contributed by atoms with van der Waals surface area (Å²) in [5, 5.41) is 23.1. The van der Waals surface area contributed by atoms with E-state index in [1.165, 1.54) is 0 Å². The van der Waals surface area contributed by atoms with Crippen LogP contribution < -0.4 is 0 Å². The molecule has 3 aromatic heterocycles. The molecule has 0 bridgehead atoms. The van der Waals surface area contributed by atoms with Gasteiger partial charge in [-0.3, -0.25) is 9.97 Å². The summed E-state index contributed by atoms with van der Waals surface area (Å²) in [4.78, 5) is 8.99. The summed E-state index contributed by atoms with van der Waals surface area (Å²) in [6, 6.07) is 44.8. The molecule has 8 aromatic rings. The molecule has 45 heavy (non-hydrogen) atoms. The highest BCUT2D eigenvalue weighted by molar-refractivity contribution is 6.22. The second-order valence-corrected chi connectivity index (χ2v) is 10.9. The summed E-state index contributed by atoms with van der Waals surface area (Å²) in [6.07, 6.45) is 3.34. The summed E-state index contributed by atoms with van der Waals surface area (Å²) >= 11 is 0. The summed E-state index contributed by atoms with van der Waals surface area (Å²) in [6.45, 7) is 0. The molecule has 5 heteroatoms. The van der Waals surface area contributed by atoms with Crippen LogP contribution in [0.4, 0.5) is 0 Å². The highest BCUT2D eigenvalue weighted by Crippen LogP contribution is 2.41. The monoisotopic (exact) mass is 574 g/mol. The van der Waals surface area contributed by atoms with E-state index in [0.717, 1.165) is 77.5 Å². The van der Waals surface area contributed by atoms with E-state index in [1.54, 1.807) is 30.6 Å². The number of rotatable bonds is 4. The third-order valence-electron chi connectivity index (χ3n) is 8.22. The van der Waals surface area contributed by atoms with Gasteiger partial charge in [0, 0.05) is 34.3 Å². The fraction of sp³-hybridized carbons (Fsp3) is 0. The molecule has 0 spiro atoms.